The number of hydrogen-bond donors (Lipinski definition) is 2. The first-order chi connectivity index (χ1) is 9.97. The third-order valence-electron chi connectivity index (χ3n) is 3.39. The molecule has 0 amide bonds. The third-order valence-corrected chi connectivity index (χ3v) is 5.19. The van der Waals surface area contributed by atoms with Gasteiger partial charge in [0.05, 0.1) is 10.6 Å². The standard InChI is InChI=1S/C14H21NO5S/c1-2-3-6-21(17,18)10-4-5-12-13(7-10)19-9-14(20-12)11(16)8-15/h4-5,7,11,14,16H,2-3,6,8-9,15H2,1H3. The molecule has 7 heteroatoms. The van der Waals surface area contributed by atoms with Gasteiger partial charge in [-0.05, 0) is 18.6 Å². The Labute approximate surface area is 124 Å². The second-order valence-electron chi connectivity index (χ2n) is 5.05. The summed E-state index contributed by atoms with van der Waals surface area (Å²) >= 11 is 0. The van der Waals surface area contributed by atoms with E-state index in [0.29, 0.717) is 17.9 Å². The summed E-state index contributed by atoms with van der Waals surface area (Å²) in [6.07, 6.45) is 0.0976. The van der Waals surface area contributed by atoms with Crippen molar-refractivity contribution in [2.75, 3.05) is 18.9 Å². The zero-order valence-corrected chi connectivity index (χ0v) is 12.8. The number of nitrogens with two attached hydrogens (primary N) is 1. The van der Waals surface area contributed by atoms with Crippen LogP contribution < -0.4 is 15.2 Å². The molecule has 0 aliphatic carbocycles. The van der Waals surface area contributed by atoms with E-state index in [2.05, 4.69) is 0 Å². The maximum Gasteiger partial charge on any atom is 0.178 e. The molecule has 2 unspecified atom stereocenters. The molecule has 0 saturated heterocycles. The minimum atomic E-state index is -3.30. The lowest BCUT2D eigenvalue weighted by molar-refractivity contribution is -0.00546. The van der Waals surface area contributed by atoms with Crippen LogP contribution in [0.5, 0.6) is 11.5 Å². The normalized spacial score (nSPS) is 19.3. The molecule has 2 rings (SSSR count). The van der Waals surface area contributed by atoms with Crippen molar-refractivity contribution in [2.45, 2.75) is 36.9 Å². The van der Waals surface area contributed by atoms with Crippen molar-refractivity contribution in [3.05, 3.63) is 18.2 Å². The first-order valence-electron chi connectivity index (χ1n) is 7.02. The van der Waals surface area contributed by atoms with Crippen LogP contribution in [0, 0.1) is 0 Å². The van der Waals surface area contributed by atoms with Gasteiger partial charge in [0, 0.05) is 12.6 Å². The number of aliphatic hydroxyl groups is 1. The maximum atomic E-state index is 12.1. The molecule has 6 nitrogen and oxygen atoms in total. The van der Waals surface area contributed by atoms with Gasteiger partial charge in [-0.2, -0.15) is 0 Å². The zero-order chi connectivity index (χ0) is 15.5. The molecule has 0 fully saturated rings. The predicted molar refractivity (Wildman–Crippen MR) is 78.4 cm³/mol. The molecular formula is C14H21NO5S. The van der Waals surface area contributed by atoms with Crippen molar-refractivity contribution in [1.82, 2.24) is 0 Å². The lowest BCUT2D eigenvalue weighted by Gasteiger charge is -2.29. The molecule has 3 N–H and O–H groups in total. The molecular weight excluding hydrogens is 294 g/mol. The van der Waals surface area contributed by atoms with E-state index >= 15 is 0 Å². The fraction of sp³-hybridized carbons (Fsp3) is 0.571. The molecule has 1 aromatic rings. The van der Waals surface area contributed by atoms with E-state index in [1.165, 1.54) is 12.1 Å². The van der Waals surface area contributed by atoms with E-state index in [0.717, 1.165) is 6.42 Å². The van der Waals surface area contributed by atoms with Gasteiger partial charge in [-0.15, -0.1) is 0 Å². The van der Waals surface area contributed by atoms with Gasteiger partial charge in [0.1, 0.15) is 12.7 Å². The Bertz CT molecular complexity index is 587. The molecule has 1 aliphatic rings. The molecule has 2 atom stereocenters. The Morgan fingerprint density at radius 3 is 2.86 bits per heavy atom. The van der Waals surface area contributed by atoms with E-state index in [9.17, 15) is 13.5 Å². The Kier molecular flexibility index (Phi) is 5.08. The van der Waals surface area contributed by atoms with Crippen LogP contribution in [0.3, 0.4) is 0 Å². The monoisotopic (exact) mass is 315 g/mol. The molecule has 0 radical (unpaired) electrons. The summed E-state index contributed by atoms with van der Waals surface area (Å²) in [4.78, 5) is 0.233. The van der Waals surface area contributed by atoms with Gasteiger partial charge in [0.25, 0.3) is 0 Å². The summed E-state index contributed by atoms with van der Waals surface area (Å²) in [5, 5.41) is 9.66. The van der Waals surface area contributed by atoms with Gasteiger partial charge in [-0.3, -0.25) is 0 Å². The van der Waals surface area contributed by atoms with Crippen molar-refractivity contribution in [3.63, 3.8) is 0 Å². The van der Waals surface area contributed by atoms with Gasteiger partial charge in [-0.25, -0.2) is 8.42 Å². The maximum absolute atomic E-state index is 12.1. The van der Waals surface area contributed by atoms with Crippen LogP contribution in [0.4, 0.5) is 0 Å². The highest BCUT2D eigenvalue weighted by Crippen LogP contribution is 2.34. The minimum absolute atomic E-state index is 0.0762. The summed E-state index contributed by atoms with van der Waals surface area (Å²) in [5.41, 5.74) is 5.39. The molecule has 1 aromatic carbocycles. The summed E-state index contributed by atoms with van der Waals surface area (Å²) in [5.74, 6) is 0.929. The predicted octanol–water partition coefficient (Wildman–Crippen LogP) is 0.720. The molecule has 1 heterocycles. The van der Waals surface area contributed by atoms with Crippen molar-refractivity contribution in [3.8, 4) is 11.5 Å². The number of rotatable bonds is 6. The molecule has 0 aromatic heterocycles. The van der Waals surface area contributed by atoms with Gasteiger partial charge < -0.3 is 20.3 Å². The Balaban J connectivity index is 2.19. The lowest BCUT2D eigenvalue weighted by atomic mass is 10.2. The quantitative estimate of drug-likeness (QED) is 0.802. The fourth-order valence-corrected chi connectivity index (χ4v) is 3.52. The molecule has 21 heavy (non-hydrogen) atoms. The first kappa shape index (κ1) is 16.1. The smallest absolute Gasteiger partial charge is 0.178 e. The van der Waals surface area contributed by atoms with E-state index in [4.69, 9.17) is 15.2 Å². The molecule has 0 bridgehead atoms. The Morgan fingerprint density at radius 2 is 2.19 bits per heavy atom. The van der Waals surface area contributed by atoms with Crippen LogP contribution >= 0.6 is 0 Å². The molecule has 118 valence electrons. The third kappa shape index (κ3) is 3.66. The van der Waals surface area contributed by atoms with Crippen LogP contribution in [-0.4, -0.2) is 44.6 Å². The van der Waals surface area contributed by atoms with Crippen molar-refractivity contribution < 1.29 is 23.0 Å². The van der Waals surface area contributed by atoms with Crippen molar-refractivity contribution in [2.24, 2.45) is 5.73 Å². The largest absolute Gasteiger partial charge is 0.486 e. The SMILES string of the molecule is CCCCS(=O)(=O)c1ccc2c(c1)OCC(C(O)CN)O2. The van der Waals surface area contributed by atoms with Crippen LogP contribution in [0.1, 0.15) is 19.8 Å². The molecule has 0 saturated carbocycles. The van der Waals surface area contributed by atoms with E-state index in [-0.39, 0.29) is 23.8 Å². The number of benzene rings is 1. The highest BCUT2D eigenvalue weighted by Gasteiger charge is 2.28. The van der Waals surface area contributed by atoms with Crippen LogP contribution in [0.15, 0.2) is 23.1 Å². The van der Waals surface area contributed by atoms with E-state index in [1.54, 1.807) is 6.07 Å². The number of unbranched alkanes of at least 4 members (excludes halogenated alkanes) is 1. The average molecular weight is 315 g/mol. The number of fused-ring (bicyclic) bond motifs is 1. The summed E-state index contributed by atoms with van der Waals surface area (Å²) in [7, 11) is -3.30. The van der Waals surface area contributed by atoms with Gasteiger partial charge >= 0.3 is 0 Å². The van der Waals surface area contributed by atoms with Crippen molar-refractivity contribution >= 4 is 9.84 Å². The number of sulfone groups is 1. The average Bonchev–Trinajstić information content (AvgIpc) is 2.51. The lowest BCUT2D eigenvalue weighted by Crippen LogP contribution is -2.43. The zero-order valence-electron chi connectivity index (χ0n) is 12.0. The Morgan fingerprint density at radius 1 is 1.43 bits per heavy atom. The number of ether oxygens (including phenoxy) is 2. The highest BCUT2D eigenvalue weighted by molar-refractivity contribution is 7.91. The van der Waals surface area contributed by atoms with E-state index in [1.807, 2.05) is 6.92 Å². The van der Waals surface area contributed by atoms with Gasteiger partial charge in [0.2, 0.25) is 0 Å². The summed E-state index contributed by atoms with van der Waals surface area (Å²) < 4.78 is 35.4. The number of hydrogen-bond acceptors (Lipinski definition) is 6. The summed E-state index contributed by atoms with van der Waals surface area (Å²) in [6.45, 7) is 2.17. The van der Waals surface area contributed by atoms with Crippen LogP contribution in [-0.2, 0) is 9.84 Å². The number of aliphatic hydroxyl groups excluding tert-OH is 1. The fourth-order valence-electron chi connectivity index (χ4n) is 2.05. The summed E-state index contributed by atoms with van der Waals surface area (Å²) in [6, 6.07) is 4.54. The molecule has 0 spiro atoms. The van der Waals surface area contributed by atoms with Crippen molar-refractivity contribution in [1.29, 1.82) is 0 Å². The van der Waals surface area contributed by atoms with E-state index < -0.39 is 22.0 Å². The second-order valence-corrected chi connectivity index (χ2v) is 7.16. The van der Waals surface area contributed by atoms with Crippen LogP contribution in [0.2, 0.25) is 0 Å². The highest BCUT2D eigenvalue weighted by atomic mass is 32.2. The Hall–Kier alpha value is -1.31. The topological polar surface area (TPSA) is 98.9 Å². The van der Waals surface area contributed by atoms with Crippen LogP contribution in [0.25, 0.3) is 0 Å². The second kappa shape index (κ2) is 6.64. The van der Waals surface area contributed by atoms with Gasteiger partial charge in [-0.1, -0.05) is 13.3 Å². The molecule has 1 aliphatic heterocycles. The minimum Gasteiger partial charge on any atom is -0.486 e. The first-order valence-corrected chi connectivity index (χ1v) is 8.67. The van der Waals surface area contributed by atoms with Gasteiger partial charge in [0.15, 0.2) is 27.4 Å².